The zero-order valence-electron chi connectivity index (χ0n) is 8.49. The number of hydrogen-bond acceptors (Lipinski definition) is 2. The summed E-state index contributed by atoms with van der Waals surface area (Å²) in [5.41, 5.74) is 0. The van der Waals surface area contributed by atoms with Crippen molar-refractivity contribution in [1.29, 1.82) is 0 Å². The molecule has 0 amide bonds. The van der Waals surface area contributed by atoms with Crippen LogP contribution in [0.15, 0.2) is 0 Å². The summed E-state index contributed by atoms with van der Waals surface area (Å²) in [6.45, 7) is 6.05. The second-order valence-corrected chi connectivity index (χ2v) is 3.82. The maximum atomic E-state index is 10.9. The van der Waals surface area contributed by atoms with Gasteiger partial charge in [0.05, 0.1) is 0 Å². The fourth-order valence-corrected chi connectivity index (χ4v) is 2.07. The normalized spacial score (nSPS) is 26.2. The standard InChI is InChI=1S/C10H19NO2/c1-3-8-5-6-11(7-8)9(4-2)10(12)13/h8-9H,3-7H2,1-2H3,(H,12,13). The maximum Gasteiger partial charge on any atom is 0.320 e. The van der Waals surface area contributed by atoms with Gasteiger partial charge in [0.2, 0.25) is 0 Å². The number of hydrogen-bond donors (Lipinski definition) is 1. The van der Waals surface area contributed by atoms with Crippen molar-refractivity contribution in [1.82, 2.24) is 4.90 Å². The van der Waals surface area contributed by atoms with E-state index < -0.39 is 5.97 Å². The molecule has 76 valence electrons. The Morgan fingerprint density at radius 1 is 1.62 bits per heavy atom. The minimum Gasteiger partial charge on any atom is -0.480 e. The third-order valence-corrected chi connectivity index (χ3v) is 3.01. The predicted molar refractivity (Wildman–Crippen MR) is 51.7 cm³/mol. The van der Waals surface area contributed by atoms with Crippen molar-refractivity contribution in [3.05, 3.63) is 0 Å². The largest absolute Gasteiger partial charge is 0.480 e. The van der Waals surface area contributed by atoms with Gasteiger partial charge in [0, 0.05) is 6.54 Å². The minimum absolute atomic E-state index is 0.253. The van der Waals surface area contributed by atoms with Gasteiger partial charge in [-0.25, -0.2) is 0 Å². The molecule has 1 aliphatic heterocycles. The summed E-state index contributed by atoms with van der Waals surface area (Å²) in [5.74, 6) is 0.0488. The molecule has 13 heavy (non-hydrogen) atoms. The van der Waals surface area contributed by atoms with E-state index in [0.29, 0.717) is 12.3 Å². The Balaban J connectivity index is 2.48. The number of rotatable bonds is 4. The van der Waals surface area contributed by atoms with E-state index >= 15 is 0 Å². The van der Waals surface area contributed by atoms with Crippen LogP contribution in [-0.4, -0.2) is 35.1 Å². The average Bonchev–Trinajstić information content (AvgIpc) is 2.53. The van der Waals surface area contributed by atoms with Crippen molar-refractivity contribution in [2.24, 2.45) is 5.92 Å². The lowest BCUT2D eigenvalue weighted by atomic mass is 10.1. The van der Waals surface area contributed by atoms with E-state index in [9.17, 15) is 4.79 Å². The van der Waals surface area contributed by atoms with Gasteiger partial charge in [0.1, 0.15) is 6.04 Å². The van der Waals surface area contributed by atoms with Crippen molar-refractivity contribution in [2.45, 2.75) is 39.2 Å². The van der Waals surface area contributed by atoms with Crippen molar-refractivity contribution >= 4 is 5.97 Å². The van der Waals surface area contributed by atoms with Crippen molar-refractivity contribution in [2.75, 3.05) is 13.1 Å². The predicted octanol–water partition coefficient (Wildman–Crippen LogP) is 1.58. The van der Waals surface area contributed by atoms with Gasteiger partial charge in [-0.15, -0.1) is 0 Å². The van der Waals surface area contributed by atoms with E-state index in [0.717, 1.165) is 13.1 Å². The lowest BCUT2D eigenvalue weighted by molar-refractivity contribution is -0.143. The second kappa shape index (κ2) is 4.61. The molecule has 0 bridgehead atoms. The molecule has 0 aromatic carbocycles. The number of carboxylic acid groups (broad SMARTS) is 1. The molecule has 0 saturated carbocycles. The van der Waals surface area contributed by atoms with Crippen LogP contribution in [0, 0.1) is 5.92 Å². The van der Waals surface area contributed by atoms with E-state index in [1.54, 1.807) is 0 Å². The first-order chi connectivity index (χ1) is 6.19. The number of aliphatic carboxylic acids is 1. The molecule has 0 aromatic heterocycles. The topological polar surface area (TPSA) is 40.5 Å². The van der Waals surface area contributed by atoms with Crippen LogP contribution in [0.1, 0.15) is 33.1 Å². The highest BCUT2D eigenvalue weighted by Gasteiger charge is 2.30. The Bertz CT molecular complexity index is 182. The first kappa shape index (κ1) is 10.5. The van der Waals surface area contributed by atoms with Gasteiger partial charge in [0.15, 0.2) is 0 Å². The SMILES string of the molecule is CCC1CCN(C(CC)C(=O)O)C1. The Labute approximate surface area is 79.7 Å². The number of nitrogens with zero attached hydrogens (tertiary/aromatic N) is 1. The smallest absolute Gasteiger partial charge is 0.320 e. The van der Waals surface area contributed by atoms with Crippen molar-refractivity contribution < 1.29 is 9.90 Å². The molecular weight excluding hydrogens is 166 g/mol. The molecule has 0 radical (unpaired) electrons. The highest BCUT2D eigenvalue weighted by Crippen LogP contribution is 2.22. The molecule has 3 heteroatoms. The number of likely N-dealkylation sites (tertiary alicyclic amines) is 1. The molecule has 1 heterocycles. The van der Waals surface area contributed by atoms with Crippen LogP contribution >= 0.6 is 0 Å². The maximum absolute atomic E-state index is 10.9. The Kier molecular flexibility index (Phi) is 3.72. The summed E-state index contributed by atoms with van der Waals surface area (Å²) < 4.78 is 0. The van der Waals surface area contributed by atoms with Crippen LogP contribution in [-0.2, 0) is 4.79 Å². The molecule has 1 fully saturated rings. The molecule has 1 saturated heterocycles. The summed E-state index contributed by atoms with van der Waals surface area (Å²) >= 11 is 0. The zero-order valence-corrected chi connectivity index (χ0v) is 8.49. The fraction of sp³-hybridized carbons (Fsp3) is 0.900. The fourth-order valence-electron chi connectivity index (χ4n) is 2.07. The lowest BCUT2D eigenvalue weighted by Crippen LogP contribution is -2.39. The summed E-state index contributed by atoms with van der Waals surface area (Å²) in [6, 6.07) is -0.253. The third kappa shape index (κ3) is 2.44. The summed E-state index contributed by atoms with van der Waals surface area (Å²) in [6.07, 6.45) is 3.05. The summed E-state index contributed by atoms with van der Waals surface area (Å²) in [4.78, 5) is 13.0. The van der Waals surface area contributed by atoms with E-state index in [-0.39, 0.29) is 6.04 Å². The van der Waals surface area contributed by atoms with Gasteiger partial charge < -0.3 is 5.11 Å². The Morgan fingerprint density at radius 2 is 2.31 bits per heavy atom. The van der Waals surface area contributed by atoms with Crippen LogP contribution < -0.4 is 0 Å². The van der Waals surface area contributed by atoms with E-state index in [2.05, 4.69) is 11.8 Å². The first-order valence-electron chi connectivity index (χ1n) is 5.15. The quantitative estimate of drug-likeness (QED) is 0.723. The van der Waals surface area contributed by atoms with Gasteiger partial charge in [0.25, 0.3) is 0 Å². The zero-order chi connectivity index (χ0) is 9.84. The highest BCUT2D eigenvalue weighted by atomic mass is 16.4. The lowest BCUT2D eigenvalue weighted by Gasteiger charge is -2.22. The molecule has 1 aliphatic rings. The van der Waals surface area contributed by atoms with Crippen LogP contribution in [0.5, 0.6) is 0 Å². The monoisotopic (exact) mass is 185 g/mol. The van der Waals surface area contributed by atoms with Crippen LogP contribution in [0.3, 0.4) is 0 Å². The van der Waals surface area contributed by atoms with Gasteiger partial charge in [-0.3, -0.25) is 9.69 Å². The second-order valence-electron chi connectivity index (χ2n) is 3.82. The van der Waals surface area contributed by atoms with E-state index in [4.69, 9.17) is 5.11 Å². The van der Waals surface area contributed by atoms with Crippen LogP contribution in [0.2, 0.25) is 0 Å². The molecule has 0 spiro atoms. The summed E-state index contributed by atoms with van der Waals surface area (Å²) in [7, 11) is 0. The number of carboxylic acids is 1. The van der Waals surface area contributed by atoms with Crippen molar-refractivity contribution in [3.63, 3.8) is 0 Å². The first-order valence-corrected chi connectivity index (χ1v) is 5.15. The molecule has 0 aromatic rings. The molecule has 3 nitrogen and oxygen atoms in total. The molecule has 2 unspecified atom stereocenters. The van der Waals surface area contributed by atoms with Gasteiger partial charge in [-0.05, 0) is 25.3 Å². The van der Waals surface area contributed by atoms with Crippen molar-refractivity contribution in [3.8, 4) is 0 Å². The van der Waals surface area contributed by atoms with Gasteiger partial charge in [-0.1, -0.05) is 20.3 Å². The Morgan fingerprint density at radius 3 is 2.69 bits per heavy atom. The minimum atomic E-state index is -0.667. The Hall–Kier alpha value is -0.570. The molecule has 2 atom stereocenters. The third-order valence-electron chi connectivity index (χ3n) is 3.01. The molecule has 1 rings (SSSR count). The molecule has 1 N–H and O–H groups in total. The highest BCUT2D eigenvalue weighted by molar-refractivity contribution is 5.73. The number of carbonyl (C=O) groups is 1. The van der Waals surface area contributed by atoms with E-state index in [1.807, 2.05) is 6.92 Å². The molecule has 0 aliphatic carbocycles. The van der Waals surface area contributed by atoms with E-state index in [1.165, 1.54) is 12.8 Å². The van der Waals surface area contributed by atoms with Crippen LogP contribution in [0.25, 0.3) is 0 Å². The average molecular weight is 185 g/mol. The molecular formula is C10H19NO2. The van der Waals surface area contributed by atoms with Gasteiger partial charge >= 0.3 is 5.97 Å². The summed E-state index contributed by atoms with van der Waals surface area (Å²) in [5, 5.41) is 8.95. The van der Waals surface area contributed by atoms with Crippen LogP contribution in [0.4, 0.5) is 0 Å². The van der Waals surface area contributed by atoms with Gasteiger partial charge in [-0.2, -0.15) is 0 Å².